The Labute approximate surface area is 44.1 Å². The second-order valence-electron chi connectivity index (χ2n) is 1.38. The Morgan fingerprint density at radius 3 is 2.43 bits per heavy atom. The summed E-state index contributed by atoms with van der Waals surface area (Å²) >= 11 is 0. The van der Waals surface area contributed by atoms with Gasteiger partial charge >= 0.3 is 0 Å². The highest BCUT2D eigenvalue weighted by atomic mass is 14.6. The van der Waals surface area contributed by atoms with Crippen molar-refractivity contribution < 1.29 is 4.99 Å². The first-order chi connectivity index (χ1) is 3.27. The molecule has 0 aromatic rings. The average Bonchev–Trinajstić information content (AvgIpc) is 1.61. The maximum Gasteiger partial charge on any atom is 0.166 e. The molecule has 1 N–H and O–H groups in total. The van der Waals surface area contributed by atoms with Crippen molar-refractivity contribution in [1.29, 1.82) is 0 Å². The second-order valence-corrected chi connectivity index (χ2v) is 1.38. The number of hydrogen-bond donors (Lipinski definition) is 1. The maximum absolute atomic E-state index is 3.64. The van der Waals surface area contributed by atoms with E-state index in [1.807, 2.05) is 13.0 Å². The molecule has 0 saturated heterocycles. The smallest absolute Gasteiger partial charge is 0.166 e. The highest BCUT2D eigenvalue weighted by molar-refractivity contribution is 5.14. The van der Waals surface area contributed by atoms with E-state index in [9.17, 15) is 0 Å². The Hall–Kier alpha value is -0.850. The first-order valence-corrected chi connectivity index (χ1v) is 2.12. The van der Waals surface area contributed by atoms with Gasteiger partial charge in [0.2, 0.25) is 0 Å². The zero-order valence-electron chi connectivity index (χ0n) is 4.57. The Bertz CT molecular complexity index is 101. The van der Waals surface area contributed by atoms with Crippen molar-refractivity contribution in [3.8, 4) is 0 Å². The fraction of sp³-hybridized carbons (Fsp3) is 0.167. The Kier molecular flexibility index (Phi) is 2.94. The summed E-state index contributed by atoms with van der Waals surface area (Å²) in [4.78, 5) is 2.61. The van der Waals surface area contributed by atoms with Crippen LogP contribution in [0.25, 0.3) is 0 Å². The van der Waals surface area contributed by atoms with Gasteiger partial charge in [0.1, 0.15) is 6.72 Å². The summed E-state index contributed by atoms with van der Waals surface area (Å²) in [5.74, 6) is 0. The van der Waals surface area contributed by atoms with Crippen LogP contribution in [0.15, 0.2) is 24.4 Å². The summed E-state index contributed by atoms with van der Waals surface area (Å²) in [6, 6.07) is 0. The average molecular weight is 96.2 g/mol. The van der Waals surface area contributed by atoms with Gasteiger partial charge in [-0.1, -0.05) is 12.2 Å². The topological polar surface area (TPSA) is 14.0 Å². The number of rotatable bonds is 2. The lowest BCUT2D eigenvalue weighted by atomic mass is 10.3. The first-order valence-electron chi connectivity index (χ1n) is 2.12. The number of nitrogens with one attached hydrogen (secondary N) is 1. The summed E-state index contributed by atoms with van der Waals surface area (Å²) < 4.78 is 0. The third kappa shape index (κ3) is 5.15. The molecule has 0 saturated carbocycles. The molecule has 0 bridgehead atoms. The molecule has 0 radical (unpaired) electrons. The predicted molar refractivity (Wildman–Crippen MR) is 32.0 cm³/mol. The minimum atomic E-state index is 1.02. The lowest BCUT2D eigenvalue weighted by molar-refractivity contribution is -0.361. The molecule has 38 valence electrons. The van der Waals surface area contributed by atoms with Crippen LogP contribution in [0, 0.1) is 0 Å². The molecule has 0 aromatic carbocycles. The lowest BCUT2D eigenvalue weighted by Crippen LogP contribution is -2.57. The van der Waals surface area contributed by atoms with E-state index >= 15 is 0 Å². The molecule has 7 heavy (non-hydrogen) atoms. The zero-order chi connectivity index (χ0) is 5.70. The Morgan fingerprint density at radius 2 is 2.29 bits per heavy atom. The highest BCUT2D eigenvalue weighted by Gasteiger charge is 1.69. The summed E-state index contributed by atoms with van der Waals surface area (Å²) in [7, 11) is 0. The van der Waals surface area contributed by atoms with Gasteiger partial charge in [0.15, 0.2) is 6.20 Å². The summed E-state index contributed by atoms with van der Waals surface area (Å²) in [5, 5.41) is 0. The van der Waals surface area contributed by atoms with E-state index in [2.05, 4.69) is 18.3 Å². The van der Waals surface area contributed by atoms with E-state index in [0.717, 1.165) is 5.57 Å². The van der Waals surface area contributed by atoms with Crippen molar-refractivity contribution >= 4 is 6.72 Å². The van der Waals surface area contributed by atoms with Gasteiger partial charge in [-0.15, -0.1) is 0 Å². The van der Waals surface area contributed by atoms with E-state index in [1.54, 1.807) is 6.20 Å². The molecule has 0 aliphatic heterocycles. The molecular weight excluding hydrogens is 86.1 g/mol. The van der Waals surface area contributed by atoms with Gasteiger partial charge in [-0.25, -0.2) is 4.99 Å². The molecule has 0 aromatic heterocycles. The van der Waals surface area contributed by atoms with Gasteiger partial charge in [-0.05, 0) is 6.92 Å². The van der Waals surface area contributed by atoms with Gasteiger partial charge in [0.05, 0.1) is 0 Å². The third-order valence-electron chi connectivity index (χ3n) is 0.486. The van der Waals surface area contributed by atoms with E-state index in [0.29, 0.717) is 0 Å². The van der Waals surface area contributed by atoms with Crippen molar-refractivity contribution in [3.05, 3.63) is 24.4 Å². The molecule has 0 unspecified atom stereocenters. The molecule has 0 heterocycles. The maximum atomic E-state index is 3.64. The van der Waals surface area contributed by atoms with Crippen molar-refractivity contribution in [3.63, 3.8) is 0 Å². The monoisotopic (exact) mass is 96.1 g/mol. The van der Waals surface area contributed by atoms with Crippen LogP contribution in [0.2, 0.25) is 0 Å². The van der Waals surface area contributed by atoms with E-state index in [1.165, 1.54) is 0 Å². The summed E-state index contributed by atoms with van der Waals surface area (Å²) in [5.41, 5.74) is 1.02. The zero-order valence-corrected chi connectivity index (χ0v) is 4.57. The van der Waals surface area contributed by atoms with Crippen molar-refractivity contribution in [1.82, 2.24) is 0 Å². The number of hydrogen-bond acceptors (Lipinski definition) is 0. The van der Waals surface area contributed by atoms with E-state index < -0.39 is 0 Å². The molecule has 1 nitrogen and oxygen atoms in total. The molecule has 1 heteroatoms. The number of allylic oxidation sites excluding steroid dienone is 2. The van der Waals surface area contributed by atoms with Crippen molar-refractivity contribution in [2.24, 2.45) is 0 Å². The lowest BCUT2D eigenvalue weighted by Gasteiger charge is -1.73. The third-order valence-corrected chi connectivity index (χ3v) is 0.486. The summed E-state index contributed by atoms with van der Waals surface area (Å²) in [6.45, 7) is 8.94. The largest absolute Gasteiger partial charge is 0.224 e. The van der Waals surface area contributed by atoms with Gasteiger partial charge in [0.25, 0.3) is 0 Å². The standard InChI is InChI=1S/C6H9N/c1-6(2)4-5-7-3/h4-5H,1,3H2,2H3/p+1/b5-4-. The Morgan fingerprint density at radius 1 is 1.71 bits per heavy atom. The van der Waals surface area contributed by atoms with Crippen LogP contribution in [0.1, 0.15) is 6.92 Å². The molecule has 0 atom stereocenters. The molecule has 0 amide bonds. The molecular formula is C6H10N+. The van der Waals surface area contributed by atoms with E-state index in [4.69, 9.17) is 0 Å². The van der Waals surface area contributed by atoms with Crippen LogP contribution in [0.4, 0.5) is 0 Å². The first kappa shape index (κ1) is 6.15. The van der Waals surface area contributed by atoms with Crippen LogP contribution in [0.5, 0.6) is 0 Å². The quantitative estimate of drug-likeness (QED) is 0.363. The van der Waals surface area contributed by atoms with Crippen LogP contribution in [-0.2, 0) is 0 Å². The SMILES string of the molecule is C=[NH+]/C=C\C(=C)C. The van der Waals surface area contributed by atoms with Crippen molar-refractivity contribution in [2.45, 2.75) is 6.92 Å². The molecule has 0 fully saturated rings. The van der Waals surface area contributed by atoms with E-state index in [-0.39, 0.29) is 0 Å². The van der Waals surface area contributed by atoms with Crippen molar-refractivity contribution in [2.75, 3.05) is 0 Å². The van der Waals surface area contributed by atoms with Crippen LogP contribution < -0.4 is 4.99 Å². The molecule has 0 aliphatic rings. The molecule has 0 aliphatic carbocycles. The molecule has 0 rings (SSSR count). The van der Waals surface area contributed by atoms with Gasteiger partial charge in [-0.3, -0.25) is 0 Å². The minimum Gasteiger partial charge on any atom is -0.224 e. The van der Waals surface area contributed by atoms with Crippen LogP contribution in [0.3, 0.4) is 0 Å². The van der Waals surface area contributed by atoms with Gasteiger partial charge < -0.3 is 0 Å². The normalized spacial score (nSPS) is 9.29. The fourth-order valence-electron chi connectivity index (χ4n) is 0.201. The summed E-state index contributed by atoms with van der Waals surface area (Å²) in [6.07, 6.45) is 3.59. The minimum absolute atomic E-state index is 1.02. The Balaban J connectivity index is 3.46. The van der Waals surface area contributed by atoms with Crippen LogP contribution >= 0.6 is 0 Å². The van der Waals surface area contributed by atoms with Gasteiger partial charge in [-0.2, -0.15) is 0 Å². The molecule has 0 spiro atoms. The van der Waals surface area contributed by atoms with Gasteiger partial charge in [0, 0.05) is 6.08 Å². The fourth-order valence-corrected chi connectivity index (χ4v) is 0.201. The second kappa shape index (κ2) is 3.34. The predicted octanol–water partition coefficient (Wildman–Crippen LogP) is -0.143. The highest BCUT2D eigenvalue weighted by Crippen LogP contribution is 1.82. The van der Waals surface area contributed by atoms with Crippen LogP contribution in [-0.4, -0.2) is 6.72 Å².